The van der Waals surface area contributed by atoms with Crippen molar-refractivity contribution in [2.45, 2.75) is 0 Å². The van der Waals surface area contributed by atoms with Crippen LogP contribution in [0.3, 0.4) is 0 Å². The van der Waals surface area contributed by atoms with Gasteiger partial charge in [-0.25, -0.2) is 9.97 Å². The van der Waals surface area contributed by atoms with Gasteiger partial charge in [-0.05, 0) is 81.9 Å². The molecule has 12 rings (SSSR count). The maximum Gasteiger partial charge on any atom is 0.165 e. The molecule has 8 aromatic carbocycles. The highest BCUT2D eigenvalue weighted by atomic mass is 15.0. The molecule has 0 fully saturated rings. The van der Waals surface area contributed by atoms with Crippen molar-refractivity contribution >= 4 is 92.7 Å². The van der Waals surface area contributed by atoms with Crippen molar-refractivity contribution in [1.29, 1.82) is 0 Å². The first-order valence-electron chi connectivity index (χ1n) is 17.1. The number of hydrogen-bond acceptors (Lipinski definition) is 2. The van der Waals surface area contributed by atoms with Crippen molar-refractivity contribution in [3.05, 3.63) is 158 Å². The maximum absolute atomic E-state index is 5.24. The number of nitrogens with zero attached hydrogens (tertiary/aromatic N) is 4. The molecule has 4 heterocycles. The molecule has 0 bridgehead atoms. The molecule has 230 valence electrons. The molecule has 0 spiro atoms. The van der Waals surface area contributed by atoms with Gasteiger partial charge in [-0.2, -0.15) is 0 Å². The molecule has 0 saturated heterocycles. The van der Waals surface area contributed by atoms with Gasteiger partial charge in [0, 0.05) is 38.0 Å². The molecular formula is C46H26N4. The molecule has 0 N–H and O–H groups in total. The maximum atomic E-state index is 5.24. The smallest absolute Gasteiger partial charge is 0.165 e. The summed E-state index contributed by atoms with van der Waals surface area (Å²) in [5, 5.41) is 11.1. The Hall–Kier alpha value is -6.78. The van der Waals surface area contributed by atoms with E-state index in [0.717, 1.165) is 38.8 Å². The standard InChI is InChI=1S/C46H26N4/c1-2-12-31(13-3-1)49-40-22-20-29(24-35(40)34-21-18-28-11-5-7-15-33(28)44(34)49)30-25-36-42-32-14-6-4-10-27(32)19-23-41(42)50-45(36)37(26-30)43-46(50)48-39-17-9-8-16-38(39)47-43/h1-26H. The Kier molecular flexibility index (Phi) is 4.94. The van der Waals surface area contributed by atoms with Gasteiger partial charge in [0.2, 0.25) is 0 Å². The van der Waals surface area contributed by atoms with Gasteiger partial charge in [0.05, 0.1) is 33.1 Å². The third-order valence-corrected chi connectivity index (χ3v) is 10.8. The molecule has 0 radical (unpaired) electrons. The third kappa shape index (κ3) is 3.34. The lowest BCUT2D eigenvalue weighted by Crippen LogP contribution is -1.93. The minimum absolute atomic E-state index is 0.902. The molecule has 0 aliphatic carbocycles. The Bertz CT molecular complexity index is 3360. The average molecular weight is 635 g/mol. The number of hydrogen-bond donors (Lipinski definition) is 0. The number of fused-ring (bicyclic) bond motifs is 14. The van der Waals surface area contributed by atoms with E-state index in [1.165, 1.54) is 70.8 Å². The summed E-state index contributed by atoms with van der Waals surface area (Å²) >= 11 is 0. The van der Waals surface area contributed by atoms with Gasteiger partial charge in [-0.15, -0.1) is 0 Å². The lowest BCUT2D eigenvalue weighted by atomic mass is 9.97. The van der Waals surface area contributed by atoms with Crippen molar-refractivity contribution < 1.29 is 0 Å². The summed E-state index contributed by atoms with van der Waals surface area (Å²) < 4.78 is 4.77. The first kappa shape index (κ1) is 26.2. The summed E-state index contributed by atoms with van der Waals surface area (Å²) in [6.07, 6.45) is 0. The highest BCUT2D eigenvalue weighted by molar-refractivity contribution is 6.29. The van der Waals surface area contributed by atoms with E-state index in [9.17, 15) is 0 Å². The lowest BCUT2D eigenvalue weighted by molar-refractivity contribution is 1.19. The van der Waals surface area contributed by atoms with E-state index in [0.29, 0.717) is 0 Å². The SMILES string of the molecule is c1ccc(-n2c3ccc(-c4cc5c6nc7ccccc7nc6n6c7ccc8ccccc8c7c(c4)c56)cc3c3ccc4ccccc4c32)cc1. The molecule has 0 amide bonds. The zero-order valence-electron chi connectivity index (χ0n) is 26.8. The van der Waals surface area contributed by atoms with Crippen LogP contribution < -0.4 is 0 Å². The van der Waals surface area contributed by atoms with Gasteiger partial charge in [0.25, 0.3) is 0 Å². The fourth-order valence-corrected chi connectivity index (χ4v) is 8.62. The van der Waals surface area contributed by atoms with Crippen LogP contribution in [0.4, 0.5) is 0 Å². The molecule has 12 aromatic rings. The van der Waals surface area contributed by atoms with Crippen LogP contribution in [0.2, 0.25) is 0 Å². The van der Waals surface area contributed by atoms with Crippen LogP contribution in [0.1, 0.15) is 0 Å². The predicted molar refractivity (Wildman–Crippen MR) is 209 cm³/mol. The lowest BCUT2D eigenvalue weighted by Gasteiger charge is -2.10. The third-order valence-electron chi connectivity index (χ3n) is 10.8. The number of rotatable bonds is 2. The molecule has 50 heavy (non-hydrogen) atoms. The normalized spacial score (nSPS) is 12.4. The molecule has 4 aromatic heterocycles. The highest BCUT2D eigenvalue weighted by Crippen LogP contribution is 2.44. The van der Waals surface area contributed by atoms with E-state index in [-0.39, 0.29) is 0 Å². The van der Waals surface area contributed by atoms with E-state index in [1.807, 2.05) is 12.1 Å². The second kappa shape index (κ2) is 9.43. The number of para-hydroxylation sites is 3. The molecule has 0 atom stereocenters. The molecular weight excluding hydrogens is 609 g/mol. The van der Waals surface area contributed by atoms with Gasteiger partial charge in [-0.3, -0.25) is 4.40 Å². The Labute approximate surface area is 285 Å². The molecule has 0 unspecified atom stereocenters. The molecule has 0 saturated carbocycles. The number of benzene rings is 8. The molecule has 4 nitrogen and oxygen atoms in total. The quantitative estimate of drug-likeness (QED) is 0.190. The van der Waals surface area contributed by atoms with Gasteiger partial charge in [-0.1, -0.05) is 103 Å². The van der Waals surface area contributed by atoms with E-state index in [1.54, 1.807) is 0 Å². The van der Waals surface area contributed by atoms with Crippen LogP contribution in [-0.2, 0) is 0 Å². The van der Waals surface area contributed by atoms with Crippen molar-refractivity contribution in [2.75, 3.05) is 0 Å². The minimum Gasteiger partial charge on any atom is -0.309 e. The molecule has 0 aliphatic rings. The van der Waals surface area contributed by atoms with Crippen molar-refractivity contribution in [3.63, 3.8) is 0 Å². The predicted octanol–water partition coefficient (Wildman–Crippen LogP) is 11.9. The average Bonchev–Trinajstić information content (AvgIpc) is 3.81. The minimum atomic E-state index is 0.902. The van der Waals surface area contributed by atoms with Gasteiger partial charge < -0.3 is 4.57 Å². The van der Waals surface area contributed by atoms with E-state index < -0.39 is 0 Å². The molecule has 4 heteroatoms. The van der Waals surface area contributed by atoms with Crippen molar-refractivity contribution in [1.82, 2.24) is 18.9 Å². The fourth-order valence-electron chi connectivity index (χ4n) is 8.62. The fraction of sp³-hybridized carbons (Fsp3) is 0. The Morgan fingerprint density at radius 1 is 0.400 bits per heavy atom. The van der Waals surface area contributed by atoms with Gasteiger partial charge >= 0.3 is 0 Å². The van der Waals surface area contributed by atoms with Gasteiger partial charge in [0.15, 0.2) is 5.65 Å². The first-order valence-corrected chi connectivity index (χ1v) is 17.1. The Morgan fingerprint density at radius 3 is 1.92 bits per heavy atom. The zero-order chi connectivity index (χ0) is 32.5. The molecule has 0 aliphatic heterocycles. The second-order valence-electron chi connectivity index (χ2n) is 13.4. The first-order chi connectivity index (χ1) is 24.8. The zero-order valence-corrected chi connectivity index (χ0v) is 26.8. The van der Waals surface area contributed by atoms with E-state index in [4.69, 9.17) is 9.97 Å². The van der Waals surface area contributed by atoms with Gasteiger partial charge in [0.1, 0.15) is 5.52 Å². The van der Waals surface area contributed by atoms with Crippen LogP contribution in [0.25, 0.3) is 110 Å². The second-order valence-corrected chi connectivity index (χ2v) is 13.4. The van der Waals surface area contributed by atoms with E-state index in [2.05, 4.69) is 155 Å². The monoisotopic (exact) mass is 634 g/mol. The van der Waals surface area contributed by atoms with Crippen LogP contribution in [0, 0.1) is 0 Å². The largest absolute Gasteiger partial charge is 0.309 e. The summed E-state index contributed by atoms with van der Waals surface area (Å²) in [7, 11) is 0. The number of aromatic nitrogens is 4. The summed E-state index contributed by atoms with van der Waals surface area (Å²) in [6.45, 7) is 0. The van der Waals surface area contributed by atoms with Crippen LogP contribution >= 0.6 is 0 Å². The van der Waals surface area contributed by atoms with Crippen molar-refractivity contribution in [2.24, 2.45) is 0 Å². The highest BCUT2D eigenvalue weighted by Gasteiger charge is 2.23. The van der Waals surface area contributed by atoms with Crippen LogP contribution in [-0.4, -0.2) is 18.9 Å². The summed E-state index contributed by atoms with van der Waals surface area (Å²) in [6, 6.07) is 57.1. The summed E-state index contributed by atoms with van der Waals surface area (Å²) in [4.78, 5) is 10.5. The summed E-state index contributed by atoms with van der Waals surface area (Å²) in [5.74, 6) is 0. The topological polar surface area (TPSA) is 35.1 Å². The Morgan fingerprint density at radius 2 is 1.06 bits per heavy atom. The summed E-state index contributed by atoms with van der Waals surface area (Å²) in [5.41, 5.74) is 11.9. The van der Waals surface area contributed by atoms with Crippen molar-refractivity contribution in [3.8, 4) is 16.8 Å². The Balaban J connectivity index is 1.22. The van der Waals surface area contributed by atoms with E-state index >= 15 is 0 Å². The van der Waals surface area contributed by atoms with Crippen LogP contribution in [0.15, 0.2) is 158 Å². The van der Waals surface area contributed by atoms with Crippen LogP contribution in [0.5, 0.6) is 0 Å².